The Bertz CT molecular complexity index is 343. The first-order chi connectivity index (χ1) is 7.66. The van der Waals surface area contributed by atoms with E-state index in [9.17, 15) is 9.90 Å². The summed E-state index contributed by atoms with van der Waals surface area (Å²) in [6.45, 7) is 5.37. The number of aliphatic hydroxyl groups excluding tert-OH is 1. The van der Waals surface area contributed by atoms with Gasteiger partial charge in [0.05, 0.1) is 6.10 Å². The summed E-state index contributed by atoms with van der Waals surface area (Å²) in [4.78, 5) is 12.0. The Labute approximate surface area is 96.6 Å². The van der Waals surface area contributed by atoms with Crippen LogP contribution in [0.1, 0.15) is 30.1 Å². The molecule has 0 bridgehead atoms. The molecule has 0 amide bonds. The zero-order valence-corrected chi connectivity index (χ0v) is 9.60. The Kier molecular flexibility index (Phi) is 4.93. The lowest BCUT2D eigenvalue weighted by Crippen LogP contribution is -2.25. The number of ketones is 1. The van der Waals surface area contributed by atoms with Crippen LogP contribution >= 0.6 is 0 Å². The summed E-state index contributed by atoms with van der Waals surface area (Å²) in [6, 6.07) is 9.08. The minimum absolute atomic E-state index is 0.00263. The predicted molar refractivity (Wildman–Crippen MR) is 65.4 cm³/mol. The average Bonchev–Trinajstić information content (AvgIpc) is 2.35. The molecule has 0 spiro atoms. The van der Waals surface area contributed by atoms with Gasteiger partial charge >= 0.3 is 0 Å². The van der Waals surface area contributed by atoms with Crippen molar-refractivity contribution in [2.24, 2.45) is 5.92 Å². The smallest absolute Gasteiger partial charge is 0.168 e. The molecular weight excluding hydrogens is 200 g/mol. The van der Waals surface area contributed by atoms with Crippen LogP contribution in [0.5, 0.6) is 0 Å². The second kappa shape index (κ2) is 6.23. The number of hydrogen-bond acceptors (Lipinski definition) is 2. The van der Waals surface area contributed by atoms with Crippen LogP contribution in [0.4, 0.5) is 0 Å². The summed E-state index contributed by atoms with van der Waals surface area (Å²) in [6.07, 6.45) is 2.48. The molecular formula is C14H18O2. The maximum atomic E-state index is 12.0. The molecule has 2 unspecified atom stereocenters. The van der Waals surface area contributed by atoms with Crippen molar-refractivity contribution in [3.05, 3.63) is 48.6 Å². The third kappa shape index (κ3) is 3.31. The van der Waals surface area contributed by atoms with E-state index in [-0.39, 0.29) is 11.7 Å². The first-order valence-electron chi connectivity index (χ1n) is 5.55. The molecule has 0 saturated carbocycles. The summed E-state index contributed by atoms with van der Waals surface area (Å²) < 4.78 is 0. The fraction of sp³-hybridized carbons (Fsp3) is 0.357. The normalized spacial score (nSPS) is 14.1. The Hall–Kier alpha value is -1.41. The molecule has 2 nitrogen and oxygen atoms in total. The Balaban J connectivity index is 2.63. The highest BCUT2D eigenvalue weighted by atomic mass is 16.3. The van der Waals surface area contributed by atoms with Crippen molar-refractivity contribution in [1.82, 2.24) is 0 Å². The zero-order valence-electron chi connectivity index (χ0n) is 9.60. The van der Waals surface area contributed by atoms with Gasteiger partial charge in [-0.3, -0.25) is 4.79 Å². The number of allylic oxidation sites excluding steroid dienone is 1. The first kappa shape index (κ1) is 12.7. The van der Waals surface area contributed by atoms with E-state index in [0.717, 1.165) is 6.42 Å². The molecule has 0 aliphatic carbocycles. The van der Waals surface area contributed by atoms with Crippen LogP contribution < -0.4 is 0 Å². The highest BCUT2D eigenvalue weighted by molar-refractivity contribution is 5.97. The van der Waals surface area contributed by atoms with E-state index in [1.54, 1.807) is 25.1 Å². The molecule has 1 rings (SSSR count). The van der Waals surface area contributed by atoms with Gasteiger partial charge in [0.1, 0.15) is 0 Å². The summed E-state index contributed by atoms with van der Waals surface area (Å²) in [7, 11) is 0. The molecule has 0 heterocycles. The second-order valence-corrected chi connectivity index (χ2v) is 3.95. The van der Waals surface area contributed by atoms with Gasteiger partial charge in [-0.15, -0.1) is 6.58 Å². The van der Waals surface area contributed by atoms with Gasteiger partial charge in [0.15, 0.2) is 5.78 Å². The third-order valence-electron chi connectivity index (χ3n) is 2.72. The number of Topliss-reactive ketones (excluding diaryl/α,β-unsaturated/α-hetero) is 1. The fourth-order valence-electron chi connectivity index (χ4n) is 1.58. The number of carbonyl (C=O) groups is 1. The molecule has 0 fully saturated rings. The van der Waals surface area contributed by atoms with E-state index in [2.05, 4.69) is 6.58 Å². The Morgan fingerprint density at radius 3 is 2.62 bits per heavy atom. The molecule has 0 saturated heterocycles. The van der Waals surface area contributed by atoms with Crippen LogP contribution in [-0.4, -0.2) is 17.0 Å². The number of aliphatic hydroxyl groups is 1. The van der Waals surface area contributed by atoms with Gasteiger partial charge in [-0.25, -0.2) is 0 Å². The number of carbonyl (C=O) groups excluding carboxylic acids is 1. The Morgan fingerprint density at radius 1 is 1.44 bits per heavy atom. The SMILES string of the molecule is C=CCCC(O)C(C)C(=O)c1ccccc1. The van der Waals surface area contributed by atoms with Crippen molar-refractivity contribution in [2.75, 3.05) is 0 Å². The third-order valence-corrected chi connectivity index (χ3v) is 2.72. The summed E-state index contributed by atoms with van der Waals surface area (Å²) in [5, 5.41) is 9.81. The van der Waals surface area contributed by atoms with Crippen molar-refractivity contribution in [3.8, 4) is 0 Å². The highest BCUT2D eigenvalue weighted by Crippen LogP contribution is 2.15. The maximum absolute atomic E-state index is 12.0. The van der Waals surface area contributed by atoms with Gasteiger partial charge in [0, 0.05) is 11.5 Å². The molecule has 1 N–H and O–H groups in total. The molecule has 1 aromatic rings. The van der Waals surface area contributed by atoms with E-state index < -0.39 is 6.10 Å². The van der Waals surface area contributed by atoms with Crippen LogP contribution in [0.2, 0.25) is 0 Å². The van der Waals surface area contributed by atoms with Crippen molar-refractivity contribution < 1.29 is 9.90 Å². The number of hydrogen-bond donors (Lipinski definition) is 1. The number of rotatable bonds is 6. The first-order valence-corrected chi connectivity index (χ1v) is 5.55. The topological polar surface area (TPSA) is 37.3 Å². The monoisotopic (exact) mass is 218 g/mol. The second-order valence-electron chi connectivity index (χ2n) is 3.95. The van der Waals surface area contributed by atoms with Crippen LogP contribution in [0, 0.1) is 5.92 Å². The average molecular weight is 218 g/mol. The van der Waals surface area contributed by atoms with Crippen molar-refractivity contribution in [3.63, 3.8) is 0 Å². The predicted octanol–water partition coefficient (Wildman–Crippen LogP) is 2.83. The van der Waals surface area contributed by atoms with Gasteiger partial charge in [-0.05, 0) is 12.8 Å². The molecule has 0 radical (unpaired) electrons. The van der Waals surface area contributed by atoms with Gasteiger partial charge in [0.25, 0.3) is 0 Å². The molecule has 0 aromatic heterocycles. The number of benzene rings is 1. The van der Waals surface area contributed by atoms with Gasteiger partial charge in [-0.2, -0.15) is 0 Å². The van der Waals surface area contributed by atoms with Gasteiger partial charge in [0.2, 0.25) is 0 Å². The highest BCUT2D eigenvalue weighted by Gasteiger charge is 2.22. The molecule has 0 aliphatic rings. The lowest BCUT2D eigenvalue weighted by molar-refractivity contribution is 0.0694. The van der Waals surface area contributed by atoms with Crippen LogP contribution in [0.25, 0.3) is 0 Å². The van der Waals surface area contributed by atoms with Gasteiger partial charge < -0.3 is 5.11 Å². The van der Waals surface area contributed by atoms with Crippen molar-refractivity contribution in [1.29, 1.82) is 0 Å². The minimum Gasteiger partial charge on any atom is -0.392 e. The van der Waals surface area contributed by atoms with E-state index in [1.807, 2.05) is 18.2 Å². The molecule has 2 heteroatoms. The summed E-state index contributed by atoms with van der Waals surface area (Å²) >= 11 is 0. The van der Waals surface area contributed by atoms with E-state index in [0.29, 0.717) is 12.0 Å². The standard InChI is InChI=1S/C14H18O2/c1-3-4-10-13(15)11(2)14(16)12-8-6-5-7-9-12/h3,5-9,11,13,15H,1,4,10H2,2H3. The van der Waals surface area contributed by atoms with Crippen LogP contribution in [-0.2, 0) is 0 Å². The maximum Gasteiger partial charge on any atom is 0.168 e. The lowest BCUT2D eigenvalue weighted by Gasteiger charge is -2.17. The summed E-state index contributed by atoms with van der Waals surface area (Å²) in [5.74, 6) is -0.362. The fourth-order valence-corrected chi connectivity index (χ4v) is 1.58. The molecule has 86 valence electrons. The van der Waals surface area contributed by atoms with Gasteiger partial charge in [-0.1, -0.05) is 43.3 Å². The van der Waals surface area contributed by atoms with E-state index in [4.69, 9.17) is 0 Å². The quantitative estimate of drug-likeness (QED) is 0.589. The van der Waals surface area contributed by atoms with Crippen molar-refractivity contribution >= 4 is 5.78 Å². The van der Waals surface area contributed by atoms with Crippen LogP contribution in [0.3, 0.4) is 0 Å². The Morgan fingerprint density at radius 2 is 2.06 bits per heavy atom. The largest absolute Gasteiger partial charge is 0.392 e. The summed E-state index contributed by atoms with van der Waals surface area (Å²) in [5.41, 5.74) is 0.660. The van der Waals surface area contributed by atoms with Crippen molar-refractivity contribution in [2.45, 2.75) is 25.9 Å². The minimum atomic E-state index is -0.592. The molecule has 1 aromatic carbocycles. The molecule has 16 heavy (non-hydrogen) atoms. The van der Waals surface area contributed by atoms with E-state index >= 15 is 0 Å². The lowest BCUT2D eigenvalue weighted by atomic mass is 9.92. The zero-order chi connectivity index (χ0) is 12.0. The molecule has 2 atom stereocenters. The van der Waals surface area contributed by atoms with Crippen LogP contribution in [0.15, 0.2) is 43.0 Å². The van der Waals surface area contributed by atoms with E-state index in [1.165, 1.54) is 0 Å². The molecule has 0 aliphatic heterocycles.